The van der Waals surface area contributed by atoms with Crippen molar-refractivity contribution in [3.8, 4) is 11.4 Å². The van der Waals surface area contributed by atoms with Crippen LogP contribution in [0.5, 0.6) is 0 Å². The summed E-state index contributed by atoms with van der Waals surface area (Å²) in [6.45, 7) is 5.95. The Hall–Kier alpha value is -3.10. The fraction of sp³-hybridized carbons (Fsp3) is 0.375. The van der Waals surface area contributed by atoms with Gasteiger partial charge in [-0.15, -0.1) is 10.2 Å². The third kappa shape index (κ3) is 3.87. The van der Waals surface area contributed by atoms with E-state index in [0.29, 0.717) is 34.6 Å². The lowest BCUT2D eigenvalue weighted by Crippen LogP contribution is -2.27. The molecule has 0 saturated carbocycles. The molecule has 0 radical (unpaired) electrons. The number of rotatable bonds is 6. The van der Waals surface area contributed by atoms with E-state index >= 15 is 0 Å². The summed E-state index contributed by atoms with van der Waals surface area (Å²) in [6, 6.07) is 6.63. The van der Waals surface area contributed by atoms with Crippen molar-refractivity contribution in [2.75, 3.05) is 0 Å². The molecule has 2 aromatic heterocycles. The van der Waals surface area contributed by atoms with E-state index in [2.05, 4.69) is 49.9 Å². The number of H-pyrrole nitrogens is 1. The van der Waals surface area contributed by atoms with Crippen LogP contribution < -0.4 is 5.32 Å². The third-order valence-corrected chi connectivity index (χ3v) is 3.55. The van der Waals surface area contributed by atoms with Crippen LogP contribution in [0, 0.1) is 5.92 Å². The number of amides is 1. The van der Waals surface area contributed by atoms with E-state index in [9.17, 15) is 4.79 Å². The van der Waals surface area contributed by atoms with E-state index < -0.39 is 6.04 Å². The van der Waals surface area contributed by atoms with Crippen LogP contribution in [0.1, 0.15) is 48.9 Å². The maximum Gasteiger partial charge on any atom is 0.252 e. The summed E-state index contributed by atoms with van der Waals surface area (Å²) in [6.07, 6.45) is 0.727. The molecule has 2 heterocycles. The lowest BCUT2D eigenvalue weighted by atomic mass is 10.1. The first-order chi connectivity index (χ1) is 12.0. The highest BCUT2D eigenvalue weighted by Crippen LogP contribution is 2.20. The van der Waals surface area contributed by atoms with Crippen LogP contribution in [-0.4, -0.2) is 36.7 Å². The second-order valence-corrected chi connectivity index (χ2v) is 6.12. The zero-order valence-electron chi connectivity index (χ0n) is 14.2. The van der Waals surface area contributed by atoms with Crippen molar-refractivity contribution in [3.63, 3.8) is 0 Å². The predicted molar refractivity (Wildman–Crippen MR) is 88.3 cm³/mol. The number of nitrogens with one attached hydrogen (secondary N) is 2. The predicted octanol–water partition coefficient (Wildman–Crippen LogP) is 1.94. The van der Waals surface area contributed by atoms with Crippen LogP contribution in [-0.2, 0) is 6.42 Å². The zero-order valence-corrected chi connectivity index (χ0v) is 14.2. The lowest BCUT2D eigenvalue weighted by molar-refractivity contribution is 0.0933. The molecule has 0 unspecified atom stereocenters. The van der Waals surface area contributed by atoms with E-state index in [1.165, 1.54) is 0 Å². The minimum atomic E-state index is -0.417. The maximum absolute atomic E-state index is 12.6. The smallest absolute Gasteiger partial charge is 0.252 e. The van der Waals surface area contributed by atoms with Gasteiger partial charge < -0.3 is 9.84 Å². The van der Waals surface area contributed by atoms with Crippen LogP contribution in [0.2, 0.25) is 0 Å². The third-order valence-electron chi connectivity index (χ3n) is 3.55. The summed E-state index contributed by atoms with van der Waals surface area (Å²) in [7, 11) is 0. The number of hydrogen-bond acceptors (Lipinski definition) is 7. The van der Waals surface area contributed by atoms with Crippen molar-refractivity contribution < 1.29 is 9.32 Å². The topological polar surface area (TPSA) is 122 Å². The van der Waals surface area contributed by atoms with Crippen molar-refractivity contribution in [1.82, 2.24) is 36.1 Å². The molecular formula is C16H19N7O2. The van der Waals surface area contributed by atoms with Gasteiger partial charge in [0.1, 0.15) is 6.04 Å². The van der Waals surface area contributed by atoms with Gasteiger partial charge in [0.2, 0.25) is 11.7 Å². The number of benzene rings is 1. The standard InChI is InChI=1S/C16H19N7O2/c1-9(2)8-13-18-16(25-21-13)10(3)17-15(24)12-7-5-4-6-11(12)14-19-22-23-20-14/h4-7,9-10H,8H2,1-3H3,(H,17,24)(H,19,20,22,23)/t10-/m1/s1. The first kappa shape index (κ1) is 16.7. The van der Waals surface area contributed by atoms with Gasteiger partial charge >= 0.3 is 0 Å². The molecule has 9 heteroatoms. The van der Waals surface area contributed by atoms with Crippen LogP contribution in [0.4, 0.5) is 0 Å². The fourth-order valence-electron chi connectivity index (χ4n) is 2.38. The normalized spacial score (nSPS) is 12.3. The van der Waals surface area contributed by atoms with Gasteiger partial charge in [0.15, 0.2) is 5.82 Å². The van der Waals surface area contributed by atoms with Gasteiger partial charge in [-0.05, 0) is 24.1 Å². The molecule has 3 rings (SSSR count). The van der Waals surface area contributed by atoms with Gasteiger partial charge in [0, 0.05) is 12.0 Å². The van der Waals surface area contributed by atoms with Crippen LogP contribution in [0.3, 0.4) is 0 Å². The highest BCUT2D eigenvalue weighted by Gasteiger charge is 2.20. The Morgan fingerprint density at radius 3 is 2.80 bits per heavy atom. The largest absolute Gasteiger partial charge is 0.340 e. The Kier molecular flexibility index (Phi) is 4.82. The summed E-state index contributed by atoms with van der Waals surface area (Å²) in [5.41, 5.74) is 1.03. The van der Waals surface area contributed by atoms with Gasteiger partial charge in [-0.1, -0.05) is 37.2 Å². The monoisotopic (exact) mass is 341 g/mol. The molecule has 0 aliphatic heterocycles. The average Bonchev–Trinajstić information content (AvgIpc) is 3.26. The van der Waals surface area contributed by atoms with Crippen molar-refractivity contribution in [1.29, 1.82) is 0 Å². The molecule has 0 saturated heterocycles. The Balaban J connectivity index is 1.75. The Morgan fingerprint density at radius 1 is 1.28 bits per heavy atom. The molecule has 3 aromatic rings. The molecule has 1 atom stereocenters. The molecule has 0 spiro atoms. The second kappa shape index (κ2) is 7.20. The SMILES string of the molecule is CC(C)Cc1noc([C@@H](C)NC(=O)c2ccccc2-c2nn[nH]n2)n1. The van der Waals surface area contributed by atoms with Gasteiger partial charge in [-0.25, -0.2) is 0 Å². The van der Waals surface area contributed by atoms with Crippen LogP contribution >= 0.6 is 0 Å². The van der Waals surface area contributed by atoms with Crippen molar-refractivity contribution in [3.05, 3.63) is 41.5 Å². The Labute approximate surface area is 144 Å². The molecular weight excluding hydrogens is 322 g/mol. The molecule has 0 bridgehead atoms. The van der Waals surface area contributed by atoms with Gasteiger partial charge in [0.25, 0.3) is 5.91 Å². The van der Waals surface area contributed by atoms with Crippen molar-refractivity contribution >= 4 is 5.91 Å². The molecule has 2 N–H and O–H groups in total. The number of aromatic amines is 1. The van der Waals surface area contributed by atoms with Gasteiger partial charge in [0.05, 0.1) is 5.56 Å². The van der Waals surface area contributed by atoms with Gasteiger partial charge in [-0.3, -0.25) is 4.79 Å². The molecule has 130 valence electrons. The first-order valence-corrected chi connectivity index (χ1v) is 8.00. The maximum atomic E-state index is 12.6. The number of carbonyl (C=O) groups excluding carboxylic acids is 1. The number of carbonyl (C=O) groups is 1. The highest BCUT2D eigenvalue weighted by atomic mass is 16.5. The Bertz CT molecular complexity index is 842. The minimum Gasteiger partial charge on any atom is -0.340 e. The lowest BCUT2D eigenvalue weighted by Gasteiger charge is -2.11. The van der Waals surface area contributed by atoms with E-state index in [0.717, 1.165) is 6.42 Å². The van der Waals surface area contributed by atoms with Gasteiger partial charge in [-0.2, -0.15) is 10.2 Å². The number of hydrogen-bond donors (Lipinski definition) is 2. The first-order valence-electron chi connectivity index (χ1n) is 8.00. The van der Waals surface area contributed by atoms with Crippen molar-refractivity contribution in [2.24, 2.45) is 5.92 Å². The fourth-order valence-corrected chi connectivity index (χ4v) is 2.38. The molecule has 25 heavy (non-hydrogen) atoms. The van der Waals surface area contributed by atoms with E-state index in [1.54, 1.807) is 25.1 Å². The van der Waals surface area contributed by atoms with E-state index in [-0.39, 0.29) is 5.91 Å². The molecule has 9 nitrogen and oxygen atoms in total. The van der Waals surface area contributed by atoms with Crippen LogP contribution in [0.25, 0.3) is 11.4 Å². The zero-order chi connectivity index (χ0) is 17.8. The van der Waals surface area contributed by atoms with E-state index in [4.69, 9.17) is 4.52 Å². The average molecular weight is 341 g/mol. The van der Waals surface area contributed by atoms with Crippen LogP contribution in [0.15, 0.2) is 28.8 Å². The molecule has 0 aliphatic carbocycles. The summed E-state index contributed by atoms with van der Waals surface area (Å²) >= 11 is 0. The number of nitrogens with zero attached hydrogens (tertiary/aromatic N) is 5. The summed E-state index contributed by atoms with van der Waals surface area (Å²) in [4.78, 5) is 17.0. The molecule has 0 aliphatic rings. The number of tetrazole rings is 1. The molecule has 0 fully saturated rings. The van der Waals surface area contributed by atoms with Crippen molar-refractivity contribution in [2.45, 2.75) is 33.2 Å². The highest BCUT2D eigenvalue weighted by molar-refractivity contribution is 6.00. The number of aromatic nitrogens is 6. The van der Waals surface area contributed by atoms with E-state index in [1.807, 2.05) is 6.07 Å². The summed E-state index contributed by atoms with van der Waals surface area (Å²) < 4.78 is 5.25. The second-order valence-electron chi connectivity index (χ2n) is 6.12. The summed E-state index contributed by atoms with van der Waals surface area (Å²) in [5.74, 6) is 1.52. The summed E-state index contributed by atoms with van der Waals surface area (Å²) in [5, 5.41) is 20.6. The minimum absolute atomic E-state index is 0.281. The molecule has 1 amide bonds. The Morgan fingerprint density at radius 2 is 2.08 bits per heavy atom. The quantitative estimate of drug-likeness (QED) is 0.702. The molecule has 1 aromatic carbocycles.